The third kappa shape index (κ3) is 4.97. The molecule has 0 spiro atoms. The van der Waals surface area contributed by atoms with Crippen molar-refractivity contribution in [2.24, 2.45) is 0 Å². The molecule has 5 nitrogen and oxygen atoms in total. The summed E-state index contributed by atoms with van der Waals surface area (Å²) in [6.07, 6.45) is 3.12. The number of hydrogen-bond acceptors (Lipinski definition) is 3. The van der Waals surface area contributed by atoms with Crippen molar-refractivity contribution in [3.63, 3.8) is 0 Å². The zero-order valence-electron chi connectivity index (χ0n) is 18.1. The number of ether oxygens (including phenoxy) is 1. The number of fused-ring (bicyclic) bond motifs is 1. The second-order valence-corrected chi connectivity index (χ2v) is 8.51. The topological polar surface area (TPSA) is 57.4 Å². The monoisotopic (exact) mass is 435 g/mol. The van der Waals surface area contributed by atoms with Crippen molar-refractivity contribution in [3.8, 4) is 0 Å². The molecule has 3 aromatic rings. The van der Waals surface area contributed by atoms with Crippen molar-refractivity contribution in [3.05, 3.63) is 75.6 Å². The van der Waals surface area contributed by atoms with Crippen LogP contribution in [0.1, 0.15) is 36.5 Å². The molecule has 1 atom stereocenters. The summed E-state index contributed by atoms with van der Waals surface area (Å²) in [4.78, 5) is 18.0. The number of anilines is 1. The number of aryl methyl sites for hydroxylation is 2. The summed E-state index contributed by atoms with van der Waals surface area (Å²) >= 11 is 5.81. The molecule has 2 N–H and O–H groups in total. The zero-order chi connectivity index (χ0) is 21.8. The largest absolute Gasteiger partial charge is 0.376 e. The van der Waals surface area contributed by atoms with E-state index in [0.717, 1.165) is 48.0 Å². The fraction of sp³-hybridized carbons (Fsp3) is 0.360. The first-order chi connectivity index (χ1) is 15.0. The molecule has 2 heterocycles. The van der Waals surface area contributed by atoms with Crippen LogP contribution in [-0.2, 0) is 17.7 Å². The average Bonchev–Trinajstić information content (AvgIpc) is 3.28. The van der Waals surface area contributed by atoms with Gasteiger partial charge in [0.25, 0.3) is 5.56 Å². The van der Waals surface area contributed by atoms with Crippen LogP contribution in [0, 0.1) is 6.92 Å². The normalized spacial score (nSPS) is 15.9. The first-order valence-corrected chi connectivity index (χ1v) is 11.3. The Morgan fingerprint density at radius 1 is 1.23 bits per heavy atom. The number of rotatable bonds is 6. The van der Waals surface area contributed by atoms with E-state index in [1.807, 2.05) is 49.4 Å². The van der Waals surface area contributed by atoms with Gasteiger partial charge in [0.2, 0.25) is 0 Å². The van der Waals surface area contributed by atoms with Gasteiger partial charge in [-0.15, -0.1) is 0 Å². The van der Waals surface area contributed by atoms with E-state index in [1.54, 1.807) is 0 Å². The number of nitrogens with zero attached hydrogens (tertiary/aromatic N) is 1. The maximum absolute atomic E-state index is 12.9. The van der Waals surface area contributed by atoms with Crippen LogP contribution in [0.4, 0.5) is 5.69 Å². The zero-order valence-corrected chi connectivity index (χ0v) is 18.9. The number of benzene rings is 2. The maximum Gasteiger partial charge on any atom is 0.253 e. The second-order valence-electron chi connectivity index (χ2n) is 8.12. The highest BCUT2D eigenvalue weighted by Gasteiger charge is 2.22. The lowest BCUT2D eigenvalue weighted by atomic mass is 10.1. The van der Waals surface area contributed by atoms with E-state index in [4.69, 9.17) is 17.0 Å². The van der Waals surface area contributed by atoms with Gasteiger partial charge < -0.3 is 19.9 Å². The van der Waals surface area contributed by atoms with Crippen molar-refractivity contribution in [2.45, 2.75) is 45.8 Å². The molecule has 6 heteroatoms. The number of aromatic amines is 1. The third-order valence-corrected chi connectivity index (χ3v) is 6.26. The summed E-state index contributed by atoms with van der Waals surface area (Å²) in [6, 6.07) is 16.2. The molecule has 0 bridgehead atoms. The highest BCUT2D eigenvalue weighted by Crippen LogP contribution is 2.20. The Labute approximate surface area is 188 Å². The molecular formula is C25H29N3O2S. The van der Waals surface area contributed by atoms with Crippen LogP contribution in [0.2, 0.25) is 0 Å². The molecule has 0 amide bonds. The third-order valence-electron chi connectivity index (χ3n) is 5.90. The van der Waals surface area contributed by atoms with Crippen molar-refractivity contribution < 1.29 is 4.74 Å². The Balaban J connectivity index is 1.62. The van der Waals surface area contributed by atoms with E-state index >= 15 is 0 Å². The van der Waals surface area contributed by atoms with E-state index in [2.05, 4.69) is 28.2 Å². The number of pyridine rings is 1. The molecule has 1 aromatic heterocycles. The van der Waals surface area contributed by atoms with Crippen LogP contribution >= 0.6 is 12.2 Å². The molecule has 1 fully saturated rings. The smallest absolute Gasteiger partial charge is 0.253 e. The summed E-state index contributed by atoms with van der Waals surface area (Å²) in [6.45, 7) is 6.01. The Kier molecular flexibility index (Phi) is 6.68. The SMILES string of the molecule is CCc1ccccc1NC(=S)N(Cc1cc2cccc(C)c2[nH]c1=O)C[C@@H]1CCCO1. The molecule has 1 aliphatic rings. The first-order valence-electron chi connectivity index (χ1n) is 10.9. The number of para-hydroxylation sites is 2. The fourth-order valence-corrected chi connectivity index (χ4v) is 4.40. The van der Waals surface area contributed by atoms with Crippen molar-refractivity contribution in [1.82, 2.24) is 9.88 Å². The van der Waals surface area contributed by atoms with E-state index in [0.29, 0.717) is 23.8 Å². The fourth-order valence-electron chi connectivity index (χ4n) is 4.15. The summed E-state index contributed by atoms with van der Waals surface area (Å²) in [5, 5.41) is 5.05. The minimum atomic E-state index is -0.0732. The molecule has 1 saturated heterocycles. The molecule has 0 radical (unpaired) electrons. The van der Waals surface area contributed by atoms with Crippen LogP contribution < -0.4 is 10.9 Å². The molecule has 0 saturated carbocycles. The first kappa shape index (κ1) is 21.5. The van der Waals surface area contributed by atoms with E-state index < -0.39 is 0 Å². The minimum absolute atomic E-state index is 0.0732. The molecule has 4 rings (SSSR count). The van der Waals surface area contributed by atoms with Gasteiger partial charge in [0.15, 0.2) is 5.11 Å². The Morgan fingerprint density at radius 2 is 2.06 bits per heavy atom. The van der Waals surface area contributed by atoms with Gasteiger partial charge >= 0.3 is 0 Å². The van der Waals surface area contributed by atoms with Gasteiger partial charge in [0, 0.05) is 24.4 Å². The highest BCUT2D eigenvalue weighted by atomic mass is 32.1. The lowest BCUT2D eigenvalue weighted by Crippen LogP contribution is -2.40. The van der Waals surface area contributed by atoms with E-state index in [-0.39, 0.29) is 11.7 Å². The lowest BCUT2D eigenvalue weighted by Gasteiger charge is -2.28. The molecule has 0 unspecified atom stereocenters. The summed E-state index contributed by atoms with van der Waals surface area (Å²) < 4.78 is 5.87. The van der Waals surface area contributed by atoms with Gasteiger partial charge in [0.1, 0.15) is 0 Å². The Hall–Kier alpha value is -2.70. The van der Waals surface area contributed by atoms with Crippen LogP contribution in [-0.4, -0.2) is 34.3 Å². The van der Waals surface area contributed by atoms with Crippen LogP contribution in [0.5, 0.6) is 0 Å². The molecule has 162 valence electrons. The quantitative estimate of drug-likeness (QED) is 0.546. The van der Waals surface area contributed by atoms with Crippen LogP contribution in [0.25, 0.3) is 10.9 Å². The van der Waals surface area contributed by atoms with Crippen molar-refractivity contribution >= 4 is 33.9 Å². The highest BCUT2D eigenvalue weighted by molar-refractivity contribution is 7.80. The van der Waals surface area contributed by atoms with Crippen molar-refractivity contribution in [2.75, 3.05) is 18.5 Å². The number of thiocarbonyl (C=S) groups is 1. The van der Waals surface area contributed by atoms with E-state index in [1.165, 1.54) is 5.56 Å². The average molecular weight is 436 g/mol. The van der Waals surface area contributed by atoms with E-state index in [9.17, 15) is 4.79 Å². The maximum atomic E-state index is 12.9. The second kappa shape index (κ2) is 9.62. The predicted molar refractivity (Wildman–Crippen MR) is 131 cm³/mol. The van der Waals surface area contributed by atoms with Gasteiger partial charge in [-0.05, 0) is 67.0 Å². The number of H-pyrrole nitrogens is 1. The number of hydrogen-bond donors (Lipinski definition) is 2. The van der Waals surface area contributed by atoms with Gasteiger partial charge in [0.05, 0.1) is 18.2 Å². The number of nitrogens with one attached hydrogen (secondary N) is 2. The minimum Gasteiger partial charge on any atom is -0.376 e. The Morgan fingerprint density at radius 3 is 2.84 bits per heavy atom. The van der Waals surface area contributed by atoms with Gasteiger partial charge in [-0.25, -0.2) is 0 Å². The summed E-state index contributed by atoms with van der Waals surface area (Å²) in [5.41, 5.74) is 4.79. The summed E-state index contributed by atoms with van der Waals surface area (Å²) in [5.74, 6) is 0. The van der Waals surface area contributed by atoms with Crippen LogP contribution in [0.15, 0.2) is 53.3 Å². The molecule has 31 heavy (non-hydrogen) atoms. The number of aromatic nitrogens is 1. The predicted octanol–water partition coefficient (Wildman–Crippen LogP) is 4.78. The molecular weight excluding hydrogens is 406 g/mol. The van der Waals surface area contributed by atoms with Crippen molar-refractivity contribution in [1.29, 1.82) is 0 Å². The lowest BCUT2D eigenvalue weighted by molar-refractivity contribution is 0.0904. The molecule has 2 aromatic carbocycles. The van der Waals surface area contributed by atoms with Crippen LogP contribution in [0.3, 0.4) is 0 Å². The standard InChI is InChI=1S/C25H29N3O2S/c1-3-18-9-4-5-12-22(18)26-25(31)28(16-21-11-7-13-30-21)15-20-14-19-10-6-8-17(2)23(19)27-24(20)29/h4-6,8-10,12,14,21H,3,7,11,13,15-16H2,1-2H3,(H,26,31)(H,27,29)/t21-/m0/s1. The molecule has 0 aliphatic carbocycles. The van der Waals surface area contributed by atoms with Gasteiger partial charge in [-0.1, -0.05) is 43.3 Å². The van der Waals surface area contributed by atoms with Gasteiger partial charge in [-0.2, -0.15) is 0 Å². The van der Waals surface area contributed by atoms with Gasteiger partial charge in [-0.3, -0.25) is 4.79 Å². The Bertz CT molecular complexity index is 1140. The summed E-state index contributed by atoms with van der Waals surface area (Å²) in [7, 11) is 0. The molecule has 1 aliphatic heterocycles.